The summed E-state index contributed by atoms with van der Waals surface area (Å²) in [6, 6.07) is 9.45. The maximum atomic E-state index is 13.2. The van der Waals surface area contributed by atoms with E-state index in [1.54, 1.807) is 31.4 Å². The van der Waals surface area contributed by atoms with Crippen molar-refractivity contribution in [3.8, 4) is 11.6 Å². The monoisotopic (exact) mass is 545 g/mol. The van der Waals surface area contributed by atoms with Crippen LogP contribution in [-0.4, -0.2) is 42.8 Å². The minimum Gasteiger partial charge on any atom is -0.444 e. The molecule has 0 fully saturated rings. The second-order valence-corrected chi connectivity index (χ2v) is 7.35. The number of aliphatic imine (C=N–C) groups is 1. The number of pyridine rings is 1. The maximum Gasteiger partial charge on any atom is 0.407 e. The lowest BCUT2D eigenvalue weighted by Gasteiger charge is -2.19. The van der Waals surface area contributed by atoms with Gasteiger partial charge in [-0.05, 0) is 38.5 Å². The van der Waals surface area contributed by atoms with E-state index in [9.17, 15) is 9.18 Å². The van der Waals surface area contributed by atoms with Crippen LogP contribution in [0, 0.1) is 5.82 Å². The molecule has 0 aliphatic carbocycles. The Balaban J connectivity index is 0.00000480. The van der Waals surface area contributed by atoms with Gasteiger partial charge in [-0.25, -0.2) is 14.2 Å². The standard InChI is InChI=1S/C21H28FN5O3.HI/c1-21(2,3)30-20(28)25-11-10-24-19(23-4)27-14-15-8-9-18(26-13-15)29-17-7-5-6-16(22)12-17;/h5-9,12-13H,10-11,14H2,1-4H3,(H,25,28)(H2,23,24,27);1H. The van der Waals surface area contributed by atoms with Crippen LogP contribution in [0.1, 0.15) is 26.3 Å². The Kier molecular flexibility index (Phi) is 11.0. The molecule has 2 rings (SSSR count). The Bertz CT molecular complexity index is 857. The molecule has 0 saturated heterocycles. The summed E-state index contributed by atoms with van der Waals surface area (Å²) in [4.78, 5) is 20.0. The fourth-order valence-electron chi connectivity index (χ4n) is 2.29. The molecule has 31 heavy (non-hydrogen) atoms. The number of guanidine groups is 1. The first-order chi connectivity index (χ1) is 14.2. The molecule has 1 heterocycles. The number of carbonyl (C=O) groups is 1. The largest absolute Gasteiger partial charge is 0.444 e. The highest BCUT2D eigenvalue weighted by molar-refractivity contribution is 14.0. The summed E-state index contributed by atoms with van der Waals surface area (Å²) in [5.41, 5.74) is 0.387. The average molecular weight is 545 g/mol. The Hall–Kier alpha value is -2.63. The fourth-order valence-corrected chi connectivity index (χ4v) is 2.29. The van der Waals surface area contributed by atoms with E-state index in [1.165, 1.54) is 12.1 Å². The SMILES string of the molecule is CN=C(NCCNC(=O)OC(C)(C)C)NCc1ccc(Oc2cccc(F)c2)nc1.I. The molecule has 3 N–H and O–H groups in total. The molecule has 1 amide bonds. The number of nitrogens with one attached hydrogen (secondary N) is 3. The number of nitrogens with zero attached hydrogens (tertiary/aromatic N) is 2. The van der Waals surface area contributed by atoms with E-state index in [-0.39, 0.29) is 29.8 Å². The molecule has 0 radical (unpaired) electrons. The highest BCUT2D eigenvalue weighted by Gasteiger charge is 2.15. The fraction of sp³-hybridized carbons (Fsp3) is 0.381. The maximum absolute atomic E-state index is 13.2. The number of benzene rings is 1. The van der Waals surface area contributed by atoms with Gasteiger partial charge >= 0.3 is 6.09 Å². The first kappa shape index (κ1) is 26.4. The van der Waals surface area contributed by atoms with Crippen LogP contribution in [-0.2, 0) is 11.3 Å². The molecule has 0 aliphatic heterocycles. The van der Waals surface area contributed by atoms with Crippen molar-refractivity contribution < 1.29 is 18.7 Å². The summed E-state index contributed by atoms with van der Waals surface area (Å²) in [6.45, 7) is 6.80. The molecule has 0 saturated carbocycles. The lowest BCUT2D eigenvalue weighted by atomic mass is 10.2. The molecular weight excluding hydrogens is 516 g/mol. The summed E-state index contributed by atoms with van der Waals surface area (Å²) in [7, 11) is 1.66. The number of halogens is 2. The summed E-state index contributed by atoms with van der Waals surface area (Å²) in [5.74, 6) is 0.979. The number of hydrogen-bond donors (Lipinski definition) is 3. The molecule has 10 heteroatoms. The lowest BCUT2D eigenvalue weighted by Crippen LogP contribution is -2.42. The van der Waals surface area contributed by atoms with Gasteiger partial charge in [-0.1, -0.05) is 12.1 Å². The highest BCUT2D eigenvalue weighted by atomic mass is 127. The van der Waals surface area contributed by atoms with E-state index in [4.69, 9.17) is 9.47 Å². The van der Waals surface area contributed by atoms with Crippen molar-refractivity contribution >= 4 is 36.0 Å². The molecule has 170 valence electrons. The first-order valence-electron chi connectivity index (χ1n) is 9.55. The first-order valence-corrected chi connectivity index (χ1v) is 9.55. The van der Waals surface area contributed by atoms with Gasteiger partial charge in [0.25, 0.3) is 0 Å². The molecule has 0 bridgehead atoms. The zero-order valence-corrected chi connectivity index (χ0v) is 20.4. The van der Waals surface area contributed by atoms with Crippen LogP contribution in [0.15, 0.2) is 47.6 Å². The smallest absolute Gasteiger partial charge is 0.407 e. The van der Waals surface area contributed by atoms with Crippen LogP contribution in [0.25, 0.3) is 0 Å². The topological polar surface area (TPSA) is 96.9 Å². The summed E-state index contributed by atoms with van der Waals surface area (Å²) in [5, 5.41) is 8.92. The molecule has 1 aromatic heterocycles. The Morgan fingerprint density at radius 3 is 2.48 bits per heavy atom. The van der Waals surface area contributed by atoms with Crippen LogP contribution in [0.2, 0.25) is 0 Å². The van der Waals surface area contributed by atoms with Crippen molar-refractivity contribution in [2.45, 2.75) is 32.9 Å². The van der Waals surface area contributed by atoms with Gasteiger partial charge in [0, 0.05) is 45.0 Å². The predicted molar refractivity (Wildman–Crippen MR) is 129 cm³/mol. The van der Waals surface area contributed by atoms with Gasteiger partial charge in [0.15, 0.2) is 5.96 Å². The van der Waals surface area contributed by atoms with Crippen LogP contribution < -0.4 is 20.7 Å². The van der Waals surface area contributed by atoms with Gasteiger partial charge < -0.3 is 25.4 Å². The van der Waals surface area contributed by atoms with E-state index in [0.29, 0.717) is 37.2 Å². The van der Waals surface area contributed by atoms with Gasteiger partial charge in [-0.2, -0.15) is 0 Å². The molecule has 0 unspecified atom stereocenters. The van der Waals surface area contributed by atoms with Crippen LogP contribution in [0.4, 0.5) is 9.18 Å². The van der Waals surface area contributed by atoms with E-state index in [1.807, 2.05) is 26.8 Å². The zero-order valence-electron chi connectivity index (χ0n) is 18.1. The zero-order chi connectivity index (χ0) is 22.0. The molecule has 0 spiro atoms. The van der Waals surface area contributed by atoms with Crippen molar-refractivity contribution in [2.75, 3.05) is 20.1 Å². The third-order valence-corrected chi connectivity index (χ3v) is 3.59. The third-order valence-electron chi connectivity index (χ3n) is 3.59. The Morgan fingerprint density at radius 2 is 1.87 bits per heavy atom. The Labute approximate surface area is 199 Å². The molecule has 0 atom stereocenters. The third kappa shape index (κ3) is 10.8. The van der Waals surface area contributed by atoms with E-state index in [2.05, 4.69) is 25.9 Å². The van der Waals surface area contributed by atoms with Gasteiger partial charge in [0.2, 0.25) is 5.88 Å². The number of hydrogen-bond acceptors (Lipinski definition) is 5. The van der Waals surface area contributed by atoms with Crippen molar-refractivity contribution in [3.05, 3.63) is 54.0 Å². The van der Waals surface area contributed by atoms with Gasteiger partial charge in [-0.3, -0.25) is 4.99 Å². The minimum atomic E-state index is -0.527. The molecule has 0 aliphatic rings. The average Bonchev–Trinajstić information content (AvgIpc) is 2.67. The van der Waals surface area contributed by atoms with Crippen LogP contribution in [0.5, 0.6) is 11.6 Å². The quantitative estimate of drug-likeness (QED) is 0.212. The molecule has 8 nitrogen and oxygen atoms in total. The minimum absolute atomic E-state index is 0. The number of aromatic nitrogens is 1. The van der Waals surface area contributed by atoms with E-state index in [0.717, 1.165) is 5.56 Å². The van der Waals surface area contributed by atoms with Crippen molar-refractivity contribution in [1.82, 2.24) is 20.9 Å². The molecule has 2 aromatic rings. The number of alkyl carbamates (subject to hydrolysis) is 1. The van der Waals surface area contributed by atoms with Gasteiger partial charge in [-0.15, -0.1) is 24.0 Å². The van der Waals surface area contributed by atoms with Gasteiger partial charge in [0.1, 0.15) is 17.2 Å². The number of ether oxygens (including phenoxy) is 2. The highest BCUT2D eigenvalue weighted by Crippen LogP contribution is 2.19. The Morgan fingerprint density at radius 1 is 1.13 bits per heavy atom. The normalized spacial score (nSPS) is 11.2. The van der Waals surface area contributed by atoms with Crippen molar-refractivity contribution in [2.24, 2.45) is 4.99 Å². The van der Waals surface area contributed by atoms with Crippen molar-refractivity contribution in [3.63, 3.8) is 0 Å². The van der Waals surface area contributed by atoms with Crippen LogP contribution >= 0.6 is 24.0 Å². The van der Waals surface area contributed by atoms with Gasteiger partial charge in [0.05, 0.1) is 0 Å². The second-order valence-electron chi connectivity index (χ2n) is 7.35. The predicted octanol–water partition coefficient (Wildman–Crippen LogP) is 3.82. The van der Waals surface area contributed by atoms with E-state index < -0.39 is 11.7 Å². The summed E-state index contributed by atoms with van der Waals surface area (Å²) < 4.78 is 23.9. The van der Waals surface area contributed by atoms with Crippen molar-refractivity contribution in [1.29, 1.82) is 0 Å². The number of carbonyl (C=O) groups excluding carboxylic acids is 1. The molecule has 1 aromatic carbocycles. The lowest BCUT2D eigenvalue weighted by molar-refractivity contribution is 0.0529. The number of rotatable bonds is 7. The molecular formula is C21H29FIN5O3. The van der Waals surface area contributed by atoms with Crippen LogP contribution in [0.3, 0.4) is 0 Å². The summed E-state index contributed by atoms with van der Waals surface area (Å²) >= 11 is 0. The second kappa shape index (κ2) is 12.9. The van der Waals surface area contributed by atoms with E-state index >= 15 is 0 Å². The summed E-state index contributed by atoms with van der Waals surface area (Å²) in [6.07, 6.45) is 1.21. The number of amides is 1.